The Labute approximate surface area is 191 Å². The van der Waals surface area contributed by atoms with Crippen LogP contribution in [0.15, 0.2) is 24.5 Å². The maximum absolute atomic E-state index is 10.7. The molecule has 0 fully saturated rings. The van der Waals surface area contributed by atoms with Crippen LogP contribution in [-0.2, 0) is 23.1 Å². The summed E-state index contributed by atoms with van der Waals surface area (Å²) in [6, 6.07) is 4.46. The fourth-order valence-electron chi connectivity index (χ4n) is 4.48. The van der Waals surface area contributed by atoms with Gasteiger partial charge < -0.3 is 14.6 Å². The van der Waals surface area contributed by atoms with Crippen LogP contribution >= 0.6 is 0 Å². The van der Waals surface area contributed by atoms with Crippen LogP contribution in [0.1, 0.15) is 93.8 Å². The summed E-state index contributed by atoms with van der Waals surface area (Å²) < 4.78 is 6.09. The van der Waals surface area contributed by atoms with Crippen LogP contribution < -0.4 is 9.84 Å². The number of aromatic nitrogens is 2. The standard InChI is InChI=1S/C27H34N2O3/c1-4-7-8-9-10-21-16-24-23(27(5-2,6-3)13-14-32-24)15-22(21)12-11-20-18-28-25(29-19-20)17-26(30)31/h15-16,18-19H,4-10,13-14,17H2,1-3H3,(H,30,31)/p-1. The van der Waals surface area contributed by atoms with E-state index in [1.54, 1.807) is 12.4 Å². The van der Waals surface area contributed by atoms with Crippen molar-refractivity contribution < 1.29 is 14.6 Å². The average Bonchev–Trinajstić information content (AvgIpc) is 2.80. The summed E-state index contributed by atoms with van der Waals surface area (Å²) in [5.41, 5.74) is 4.34. The molecule has 5 heteroatoms. The molecule has 3 rings (SSSR count). The van der Waals surface area contributed by atoms with Crippen LogP contribution in [0.2, 0.25) is 0 Å². The third-order valence-corrected chi connectivity index (χ3v) is 6.62. The zero-order valence-electron chi connectivity index (χ0n) is 19.5. The van der Waals surface area contributed by atoms with Gasteiger partial charge in [0.25, 0.3) is 0 Å². The monoisotopic (exact) mass is 433 g/mol. The Kier molecular flexibility index (Phi) is 8.27. The van der Waals surface area contributed by atoms with Gasteiger partial charge in [-0.3, -0.25) is 0 Å². The molecule has 1 aliphatic heterocycles. The summed E-state index contributed by atoms with van der Waals surface area (Å²) in [4.78, 5) is 18.9. The minimum absolute atomic E-state index is 0.139. The number of unbranched alkanes of at least 4 members (excludes halogenated alkanes) is 3. The molecule has 0 atom stereocenters. The van der Waals surface area contributed by atoms with E-state index >= 15 is 0 Å². The average molecular weight is 434 g/mol. The predicted molar refractivity (Wildman–Crippen MR) is 123 cm³/mol. The molecule has 2 aromatic rings. The molecule has 0 N–H and O–H groups in total. The fraction of sp³-hybridized carbons (Fsp3) is 0.519. The first-order valence-electron chi connectivity index (χ1n) is 11.8. The number of carboxylic acid groups (broad SMARTS) is 1. The highest BCUT2D eigenvalue weighted by atomic mass is 16.5. The van der Waals surface area contributed by atoms with Crippen LogP contribution in [0.4, 0.5) is 0 Å². The molecule has 0 saturated heterocycles. The van der Waals surface area contributed by atoms with Crippen molar-refractivity contribution in [2.45, 2.75) is 84.0 Å². The minimum atomic E-state index is -1.19. The van der Waals surface area contributed by atoms with E-state index < -0.39 is 5.97 Å². The van der Waals surface area contributed by atoms with Gasteiger partial charge in [-0.05, 0) is 49.8 Å². The molecule has 0 saturated carbocycles. The molecule has 1 aromatic carbocycles. The van der Waals surface area contributed by atoms with E-state index in [9.17, 15) is 9.90 Å². The molecule has 0 radical (unpaired) electrons. The van der Waals surface area contributed by atoms with Gasteiger partial charge in [0, 0.05) is 41.3 Å². The van der Waals surface area contributed by atoms with Gasteiger partial charge >= 0.3 is 0 Å². The Balaban J connectivity index is 1.95. The number of carbonyl (C=O) groups is 1. The van der Waals surface area contributed by atoms with Crippen molar-refractivity contribution >= 4 is 5.97 Å². The van der Waals surface area contributed by atoms with E-state index in [1.165, 1.54) is 30.4 Å². The maximum Gasteiger partial charge on any atom is 0.133 e. The molecule has 170 valence electrons. The van der Waals surface area contributed by atoms with Gasteiger partial charge in [0.2, 0.25) is 0 Å². The number of ether oxygens (including phenoxy) is 1. The lowest BCUT2D eigenvalue weighted by atomic mass is 9.71. The molecule has 2 heterocycles. The summed E-state index contributed by atoms with van der Waals surface area (Å²) in [7, 11) is 0. The van der Waals surface area contributed by atoms with Gasteiger partial charge in [0.05, 0.1) is 12.2 Å². The highest BCUT2D eigenvalue weighted by Crippen LogP contribution is 2.44. The molecular formula is C27H33N2O3-. The van der Waals surface area contributed by atoms with Crippen LogP contribution in [0.3, 0.4) is 0 Å². The number of carboxylic acids is 1. The van der Waals surface area contributed by atoms with Crippen LogP contribution in [0.5, 0.6) is 5.75 Å². The Morgan fingerprint density at radius 1 is 1.09 bits per heavy atom. The smallest absolute Gasteiger partial charge is 0.133 e. The SMILES string of the molecule is CCCCCCc1cc2c(cc1C#Cc1cnc(CC(=O)[O-])nc1)C(CC)(CC)CCO2. The van der Waals surface area contributed by atoms with Crippen molar-refractivity contribution in [1.29, 1.82) is 0 Å². The normalized spacial score (nSPS) is 14.1. The van der Waals surface area contributed by atoms with Crippen molar-refractivity contribution in [2.75, 3.05) is 6.61 Å². The van der Waals surface area contributed by atoms with Gasteiger partial charge in [0.1, 0.15) is 11.6 Å². The summed E-state index contributed by atoms with van der Waals surface area (Å²) in [6.07, 6.45) is 11.8. The lowest BCUT2D eigenvalue weighted by molar-refractivity contribution is -0.304. The quantitative estimate of drug-likeness (QED) is 0.439. The van der Waals surface area contributed by atoms with E-state index in [0.717, 1.165) is 50.0 Å². The zero-order valence-corrected chi connectivity index (χ0v) is 19.5. The highest BCUT2D eigenvalue weighted by Gasteiger charge is 2.35. The second-order valence-electron chi connectivity index (χ2n) is 8.59. The first-order valence-corrected chi connectivity index (χ1v) is 11.8. The van der Waals surface area contributed by atoms with Crippen molar-refractivity contribution in [3.8, 4) is 17.6 Å². The van der Waals surface area contributed by atoms with E-state index in [0.29, 0.717) is 5.56 Å². The lowest BCUT2D eigenvalue weighted by Crippen LogP contribution is -2.32. The van der Waals surface area contributed by atoms with E-state index in [4.69, 9.17) is 4.74 Å². The van der Waals surface area contributed by atoms with Crippen molar-refractivity contribution in [1.82, 2.24) is 9.97 Å². The molecule has 1 aromatic heterocycles. The number of hydrogen-bond acceptors (Lipinski definition) is 5. The molecule has 0 aliphatic carbocycles. The third-order valence-electron chi connectivity index (χ3n) is 6.62. The van der Waals surface area contributed by atoms with Gasteiger partial charge in [-0.1, -0.05) is 51.9 Å². The van der Waals surface area contributed by atoms with Crippen molar-refractivity contribution in [2.24, 2.45) is 0 Å². The lowest BCUT2D eigenvalue weighted by Gasteiger charge is -2.38. The summed E-state index contributed by atoms with van der Waals surface area (Å²) >= 11 is 0. The number of benzene rings is 1. The third kappa shape index (κ3) is 5.68. The molecule has 0 amide bonds. The first-order chi connectivity index (χ1) is 15.5. The van der Waals surface area contributed by atoms with Crippen LogP contribution in [0, 0.1) is 11.8 Å². The minimum Gasteiger partial charge on any atom is -0.550 e. The second kappa shape index (κ2) is 11.1. The number of nitrogens with zero attached hydrogens (tertiary/aromatic N) is 2. The molecule has 0 unspecified atom stereocenters. The van der Waals surface area contributed by atoms with Gasteiger partial charge in [-0.15, -0.1) is 0 Å². The topological polar surface area (TPSA) is 75.1 Å². The summed E-state index contributed by atoms with van der Waals surface area (Å²) in [6.45, 7) is 7.51. The maximum atomic E-state index is 10.7. The Hall–Kier alpha value is -2.87. The summed E-state index contributed by atoms with van der Waals surface area (Å²) in [5, 5.41) is 10.7. The largest absolute Gasteiger partial charge is 0.550 e. The van der Waals surface area contributed by atoms with E-state index in [-0.39, 0.29) is 17.7 Å². The Bertz CT molecular complexity index is 982. The van der Waals surface area contributed by atoms with Crippen molar-refractivity contribution in [3.63, 3.8) is 0 Å². The number of hydrogen-bond donors (Lipinski definition) is 0. The van der Waals surface area contributed by atoms with Crippen LogP contribution in [-0.4, -0.2) is 22.5 Å². The molecule has 32 heavy (non-hydrogen) atoms. The molecule has 5 nitrogen and oxygen atoms in total. The zero-order chi connectivity index (χ0) is 23.0. The van der Waals surface area contributed by atoms with Crippen LogP contribution in [0.25, 0.3) is 0 Å². The Morgan fingerprint density at radius 3 is 2.50 bits per heavy atom. The van der Waals surface area contributed by atoms with Gasteiger partial charge in [-0.2, -0.15) is 0 Å². The number of carbonyl (C=O) groups excluding carboxylic acids is 1. The predicted octanol–water partition coefficient (Wildman–Crippen LogP) is 4.13. The Morgan fingerprint density at radius 2 is 1.84 bits per heavy atom. The van der Waals surface area contributed by atoms with E-state index in [1.807, 2.05) is 0 Å². The first kappa shape index (κ1) is 23.8. The molecular weight excluding hydrogens is 400 g/mol. The molecule has 0 bridgehead atoms. The molecule has 0 spiro atoms. The van der Waals surface area contributed by atoms with Gasteiger partial charge in [-0.25, -0.2) is 9.97 Å². The number of aliphatic carboxylic acids is 1. The highest BCUT2D eigenvalue weighted by molar-refractivity contribution is 5.66. The number of fused-ring (bicyclic) bond motifs is 1. The fourth-order valence-corrected chi connectivity index (χ4v) is 4.48. The second-order valence-corrected chi connectivity index (χ2v) is 8.59. The number of rotatable bonds is 9. The molecule has 1 aliphatic rings. The van der Waals surface area contributed by atoms with Crippen molar-refractivity contribution in [3.05, 3.63) is 52.6 Å². The number of aryl methyl sites for hydroxylation is 1. The summed E-state index contributed by atoms with van der Waals surface area (Å²) in [5.74, 6) is 6.59. The van der Waals surface area contributed by atoms with Gasteiger partial charge in [0.15, 0.2) is 0 Å². The van der Waals surface area contributed by atoms with E-state index in [2.05, 4.69) is 54.7 Å².